The van der Waals surface area contributed by atoms with E-state index in [4.69, 9.17) is 10.8 Å². The van der Waals surface area contributed by atoms with Gasteiger partial charge in [-0.25, -0.2) is 4.98 Å². The molecule has 26 heavy (non-hydrogen) atoms. The van der Waals surface area contributed by atoms with Crippen molar-refractivity contribution in [3.63, 3.8) is 0 Å². The fraction of sp³-hybridized carbons (Fsp3) is 0.500. The summed E-state index contributed by atoms with van der Waals surface area (Å²) in [5.74, 6) is 0.618. The summed E-state index contributed by atoms with van der Waals surface area (Å²) in [6, 6.07) is 4.46. The van der Waals surface area contributed by atoms with Gasteiger partial charge in [0.1, 0.15) is 5.82 Å². The molecule has 1 atom stereocenters. The molecule has 0 aromatic carbocycles. The van der Waals surface area contributed by atoms with Crippen LogP contribution in [-0.4, -0.2) is 52.9 Å². The zero-order chi connectivity index (χ0) is 17.7. The number of pyridine rings is 1. The molecule has 136 valence electrons. The number of likely N-dealkylation sites (N-methyl/N-ethyl adjacent to an activating group) is 1. The van der Waals surface area contributed by atoms with Gasteiger partial charge in [0.05, 0.1) is 5.69 Å². The number of hydrogen-bond acceptors (Lipinski definition) is 5. The lowest BCUT2D eigenvalue weighted by molar-refractivity contribution is 0.370. The zero-order valence-corrected chi connectivity index (χ0v) is 15.3. The monoisotopic (exact) mass is 350 g/mol. The molecule has 0 bridgehead atoms. The number of nitrogens with one attached hydrogen (secondary N) is 1. The fourth-order valence-corrected chi connectivity index (χ4v) is 4.67. The van der Waals surface area contributed by atoms with Crippen LogP contribution in [0.25, 0.3) is 16.8 Å². The van der Waals surface area contributed by atoms with Crippen molar-refractivity contribution in [2.45, 2.75) is 31.2 Å². The number of aryl methyl sites for hydroxylation is 1. The fourth-order valence-electron chi connectivity index (χ4n) is 4.67. The molecular formula is C20H26N6. The van der Waals surface area contributed by atoms with Gasteiger partial charge in [0, 0.05) is 54.6 Å². The summed E-state index contributed by atoms with van der Waals surface area (Å²) in [4.78, 5) is 6.79. The van der Waals surface area contributed by atoms with Crippen molar-refractivity contribution >= 4 is 11.4 Å². The van der Waals surface area contributed by atoms with E-state index >= 15 is 0 Å². The number of fused-ring (bicyclic) bond motifs is 2. The highest BCUT2D eigenvalue weighted by molar-refractivity contribution is 5.77. The Morgan fingerprint density at radius 2 is 2.15 bits per heavy atom. The maximum atomic E-state index is 6.20. The van der Waals surface area contributed by atoms with Gasteiger partial charge in [-0.15, -0.1) is 0 Å². The summed E-state index contributed by atoms with van der Waals surface area (Å²) in [5, 5.41) is 8.41. The minimum absolute atomic E-state index is 0.284. The highest BCUT2D eigenvalue weighted by atomic mass is 15.3. The number of aromatic nitrogens is 3. The molecule has 0 radical (unpaired) electrons. The SMILES string of the molecule is CN1CC=C(c2cc(-c3cc4n(n3)CCC43CCNC3)cnc2N)CC1. The molecule has 1 unspecified atom stereocenters. The van der Waals surface area contributed by atoms with Crippen molar-refractivity contribution < 1.29 is 0 Å². The van der Waals surface area contributed by atoms with Crippen LogP contribution in [0.3, 0.4) is 0 Å². The maximum absolute atomic E-state index is 6.20. The minimum atomic E-state index is 0.284. The van der Waals surface area contributed by atoms with Gasteiger partial charge in [0.2, 0.25) is 0 Å². The van der Waals surface area contributed by atoms with Crippen molar-refractivity contribution in [2.75, 3.05) is 39.0 Å². The first kappa shape index (κ1) is 16.0. The summed E-state index contributed by atoms with van der Waals surface area (Å²) < 4.78 is 2.20. The van der Waals surface area contributed by atoms with E-state index in [2.05, 4.69) is 45.1 Å². The van der Waals surface area contributed by atoms with E-state index in [1.54, 1.807) is 0 Å². The Kier molecular flexibility index (Phi) is 3.65. The molecule has 5 rings (SSSR count). The summed E-state index contributed by atoms with van der Waals surface area (Å²) >= 11 is 0. The van der Waals surface area contributed by atoms with Crippen molar-refractivity contribution in [1.82, 2.24) is 25.0 Å². The molecule has 3 aliphatic heterocycles. The van der Waals surface area contributed by atoms with Gasteiger partial charge >= 0.3 is 0 Å². The predicted molar refractivity (Wildman–Crippen MR) is 104 cm³/mol. The van der Waals surface area contributed by atoms with Gasteiger partial charge in [-0.05, 0) is 50.6 Å². The highest BCUT2D eigenvalue weighted by Gasteiger charge is 2.42. The second-order valence-electron chi connectivity index (χ2n) is 7.99. The van der Waals surface area contributed by atoms with Gasteiger partial charge in [-0.3, -0.25) is 4.68 Å². The van der Waals surface area contributed by atoms with Crippen LogP contribution in [0, 0.1) is 0 Å². The van der Waals surface area contributed by atoms with Gasteiger partial charge < -0.3 is 16.0 Å². The van der Waals surface area contributed by atoms with Gasteiger partial charge in [-0.2, -0.15) is 5.10 Å². The molecule has 1 fully saturated rings. The second-order valence-corrected chi connectivity index (χ2v) is 7.99. The lowest BCUT2D eigenvalue weighted by Crippen LogP contribution is -2.25. The molecular weight excluding hydrogens is 324 g/mol. The van der Waals surface area contributed by atoms with Crippen LogP contribution >= 0.6 is 0 Å². The van der Waals surface area contributed by atoms with Crippen LogP contribution in [0.15, 0.2) is 24.4 Å². The molecule has 0 saturated carbocycles. The van der Waals surface area contributed by atoms with Crippen LogP contribution in [0.2, 0.25) is 0 Å². The lowest BCUT2D eigenvalue weighted by atomic mass is 9.82. The van der Waals surface area contributed by atoms with Crippen LogP contribution in [0.1, 0.15) is 30.5 Å². The Hall–Kier alpha value is -2.18. The van der Waals surface area contributed by atoms with Gasteiger partial charge in [0.15, 0.2) is 0 Å². The van der Waals surface area contributed by atoms with E-state index < -0.39 is 0 Å². The number of hydrogen-bond donors (Lipinski definition) is 2. The molecule has 3 N–H and O–H groups in total. The number of nitrogens with two attached hydrogens (primary N) is 1. The number of anilines is 1. The minimum Gasteiger partial charge on any atom is -0.383 e. The molecule has 1 spiro atoms. The Morgan fingerprint density at radius 3 is 2.92 bits per heavy atom. The third kappa shape index (κ3) is 2.47. The van der Waals surface area contributed by atoms with Crippen molar-refractivity contribution in [3.8, 4) is 11.3 Å². The van der Waals surface area contributed by atoms with E-state index in [9.17, 15) is 0 Å². The summed E-state index contributed by atoms with van der Waals surface area (Å²) in [5.41, 5.74) is 12.3. The summed E-state index contributed by atoms with van der Waals surface area (Å²) in [6.07, 6.45) is 7.57. The normalized spacial score (nSPS) is 25.7. The molecule has 1 saturated heterocycles. The topological polar surface area (TPSA) is 72.0 Å². The maximum Gasteiger partial charge on any atom is 0.130 e. The Balaban J connectivity index is 1.51. The first-order valence-electron chi connectivity index (χ1n) is 9.58. The van der Waals surface area contributed by atoms with E-state index in [0.717, 1.165) is 56.0 Å². The van der Waals surface area contributed by atoms with Crippen LogP contribution in [0.5, 0.6) is 0 Å². The second kappa shape index (κ2) is 5.93. The number of nitrogens with zero attached hydrogens (tertiary/aromatic N) is 4. The summed E-state index contributed by atoms with van der Waals surface area (Å²) in [7, 11) is 2.14. The molecule has 2 aromatic heterocycles. The lowest BCUT2D eigenvalue weighted by Gasteiger charge is -2.22. The molecule has 2 aromatic rings. The molecule has 0 aliphatic carbocycles. The molecule has 6 nitrogen and oxygen atoms in total. The third-order valence-electron chi connectivity index (χ3n) is 6.34. The number of nitrogen functional groups attached to an aromatic ring is 1. The Labute approximate surface area is 154 Å². The zero-order valence-electron chi connectivity index (χ0n) is 15.3. The predicted octanol–water partition coefficient (Wildman–Crippen LogP) is 1.88. The van der Waals surface area contributed by atoms with Crippen LogP contribution < -0.4 is 11.1 Å². The molecule has 6 heteroatoms. The molecule has 0 amide bonds. The first-order valence-corrected chi connectivity index (χ1v) is 9.58. The van der Waals surface area contributed by atoms with Gasteiger partial charge in [-0.1, -0.05) is 6.08 Å². The Bertz CT molecular complexity index is 874. The van der Waals surface area contributed by atoms with Gasteiger partial charge in [0.25, 0.3) is 0 Å². The van der Waals surface area contributed by atoms with Crippen molar-refractivity contribution in [1.29, 1.82) is 0 Å². The van der Waals surface area contributed by atoms with E-state index in [-0.39, 0.29) is 5.41 Å². The van der Waals surface area contributed by atoms with E-state index in [0.29, 0.717) is 5.82 Å². The molecule has 5 heterocycles. The largest absolute Gasteiger partial charge is 0.383 e. The average molecular weight is 350 g/mol. The molecule has 3 aliphatic rings. The smallest absolute Gasteiger partial charge is 0.130 e. The average Bonchev–Trinajstić information content (AvgIpc) is 3.36. The van der Waals surface area contributed by atoms with Crippen LogP contribution in [-0.2, 0) is 12.0 Å². The Morgan fingerprint density at radius 1 is 1.23 bits per heavy atom. The number of rotatable bonds is 2. The quantitative estimate of drug-likeness (QED) is 0.865. The standard InChI is InChI=1S/C20H26N6/c1-25-7-2-14(3-8-25)16-10-15(12-23-19(16)21)17-11-18-20(4-6-22-13-20)5-9-26(18)24-17/h2,10-12,22H,3-9,13H2,1H3,(H2,21,23). The van der Waals surface area contributed by atoms with E-state index in [1.165, 1.54) is 24.1 Å². The first-order chi connectivity index (χ1) is 12.6. The highest BCUT2D eigenvalue weighted by Crippen LogP contribution is 2.41. The van der Waals surface area contributed by atoms with Crippen LogP contribution in [0.4, 0.5) is 5.82 Å². The van der Waals surface area contributed by atoms with Crippen molar-refractivity contribution in [2.24, 2.45) is 0 Å². The summed E-state index contributed by atoms with van der Waals surface area (Å²) in [6.45, 7) is 5.22. The third-order valence-corrected chi connectivity index (χ3v) is 6.34. The van der Waals surface area contributed by atoms with E-state index in [1.807, 2.05) is 6.20 Å². The van der Waals surface area contributed by atoms with Crippen molar-refractivity contribution in [3.05, 3.63) is 35.7 Å².